The summed E-state index contributed by atoms with van der Waals surface area (Å²) in [7, 11) is 0. The number of rotatable bonds is 7. The molecule has 2 aromatic carbocycles. The van der Waals surface area contributed by atoms with Crippen LogP contribution in [0, 0.1) is 17.0 Å². The molecular formula is C20H18N4O4. The van der Waals surface area contributed by atoms with Gasteiger partial charge in [0.2, 0.25) is 5.88 Å². The number of ether oxygens (including phenoxy) is 1. The van der Waals surface area contributed by atoms with Crippen LogP contribution in [0.15, 0.2) is 60.7 Å². The van der Waals surface area contributed by atoms with Crippen molar-refractivity contribution in [1.29, 1.82) is 0 Å². The Balaban J connectivity index is 1.51. The van der Waals surface area contributed by atoms with Crippen LogP contribution >= 0.6 is 0 Å². The third-order valence-corrected chi connectivity index (χ3v) is 4.09. The summed E-state index contributed by atoms with van der Waals surface area (Å²) in [5, 5.41) is 21.8. The molecule has 0 aliphatic rings. The van der Waals surface area contributed by atoms with Crippen LogP contribution in [0.4, 0.5) is 5.69 Å². The third kappa shape index (κ3) is 4.47. The van der Waals surface area contributed by atoms with E-state index in [1.807, 2.05) is 36.4 Å². The molecule has 0 fully saturated rings. The summed E-state index contributed by atoms with van der Waals surface area (Å²) in [5.74, 6) is -0.0456. The average molecular weight is 378 g/mol. The molecule has 0 unspecified atom stereocenters. The van der Waals surface area contributed by atoms with E-state index in [4.69, 9.17) is 4.74 Å². The molecule has 0 spiro atoms. The van der Waals surface area contributed by atoms with Gasteiger partial charge in [0.1, 0.15) is 6.61 Å². The lowest BCUT2D eigenvalue weighted by atomic mass is 10.1. The molecule has 0 aliphatic carbocycles. The Hall–Kier alpha value is -3.81. The van der Waals surface area contributed by atoms with Gasteiger partial charge in [-0.2, -0.15) is 0 Å². The Kier molecular flexibility index (Phi) is 5.91. The van der Waals surface area contributed by atoms with E-state index in [9.17, 15) is 14.9 Å². The Bertz CT molecular complexity index is 975. The van der Waals surface area contributed by atoms with Gasteiger partial charge in [0.05, 0.1) is 17.2 Å². The molecule has 3 aromatic rings. The smallest absolute Gasteiger partial charge is 0.273 e. The predicted octanol–water partition coefficient (Wildman–Crippen LogP) is 3.17. The molecule has 0 saturated carbocycles. The maximum atomic E-state index is 12.2. The fraction of sp³-hybridized carbons (Fsp3) is 0.150. The summed E-state index contributed by atoms with van der Waals surface area (Å²) in [6.45, 7) is 1.97. The molecule has 8 nitrogen and oxygen atoms in total. The van der Waals surface area contributed by atoms with Crippen molar-refractivity contribution in [3.63, 3.8) is 0 Å². The van der Waals surface area contributed by atoms with Crippen LogP contribution in [0.1, 0.15) is 15.9 Å². The largest absolute Gasteiger partial charge is 0.475 e. The molecular weight excluding hydrogens is 360 g/mol. The van der Waals surface area contributed by atoms with Gasteiger partial charge in [-0.15, -0.1) is 10.2 Å². The van der Waals surface area contributed by atoms with E-state index in [-0.39, 0.29) is 24.4 Å². The monoisotopic (exact) mass is 378 g/mol. The zero-order valence-electron chi connectivity index (χ0n) is 15.2. The van der Waals surface area contributed by atoms with E-state index >= 15 is 0 Å². The van der Waals surface area contributed by atoms with Crippen molar-refractivity contribution in [3.8, 4) is 17.1 Å². The standard InChI is InChI=1S/C20H18N4O4/c1-14-16(8-5-9-18(14)24(26)27)20(25)21-12-13-28-19-11-10-17(22-23-19)15-6-3-2-4-7-15/h2-11H,12-13H2,1H3,(H,21,25). The second kappa shape index (κ2) is 8.72. The lowest BCUT2D eigenvalue weighted by molar-refractivity contribution is -0.385. The van der Waals surface area contributed by atoms with Crippen molar-refractivity contribution in [3.05, 3.63) is 81.9 Å². The minimum absolute atomic E-state index is 0.0855. The second-order valence-electron chi connectivity index (χ2n) is 5.93. The number of benzene rings is 2. The number of hydrogen-bond acceptors (Lipinski definition) is 6. The number of amides is 1. The van der Waals surface area contributed by atoms with Gasteiger partial charge in [-0.1, -0.05) is 36.4 Å². The highest BCUT2D eigenvalue weighted by Gasteiger charge is 2.17. The van der Waals surface area contributed by atoms with Crippen molar-refractivity contribution < 1.29 is 14.5 Å². The van der Waals surface area contributed by atoms with Crippen LogP contribution in [0.5, 0.6) is 5.88 Å². The summed E-state index contributed by atoms with van der Waals surface area (Å²) < 4.78 is 5.48. The van der Waals surface area contributed by atoms with Crippen molar-refractivity contribution in [2.24, 2.45) is 0 Å². The van der Waals surface area contributed by atoms with Gasteiger partial charge in [-0.25, -0.2) is 0 Å². The normalized spacial score (nSPS) is 10.3. The van der Waals surface area contributed by atoms with Crippen LogP contribution in [0.3, 0.4) is 0 Å². The molecule has 0 saturated heterocycles. The predicted molar refractivity (Wildman–Crippen MR) is 103 cm³/mol. The van der Waals surface area contributed by atoms with Crippen molar-refractivity contribution in [2.75, 3.05) is 13.2 Å². The van der Waals surface area contributed by atoms with E-state index in [0.29, 0.717) is 11.4 Å². The maximum Gasteiger partial charge on any atom is 0.273 e. The first kappa shape index (κ1) is 19.0. The number of carbonyl (C=O) groups is 1. The fourth-order valence-electron chi connectivity index (χ4n) is 2.64. The van der Waals surface area contributed by atoms with Gasteiger partial charge in [0.15, 0.2) is 0 Å². The van der Waals surface area contributed by atoms with Gasteiger partial charge >= 0.3 is 0 Å². The quantitative estimate of drug-likeness (QED) is 0.384. The van der Waals surface area contributed by atoms with Gasteiger partial charge < -0.3 is 10.1 Å². The number of nitro benzene ring substituents is 1. The maximum absolute atomic E-state index is 12.2. The number of nitrogens with zero attached hydrogens (tertiary/aromatic N) is 3. The van der Waals surface area contributed by atoms with E-state index in [1.54, 1.807) is 19.1 Å². The van der Waals surface area contributed by atoms with E-state index in [1.165, 1.54) is 12.1 Å². The Morgan fingerprint density at radius 2 is 1.86 bits per heavy atom. The van der Waals surface area contributed by atoms with E-state index in [2.05, 4.69) is 15.5 Å². The van der Waals surface area contributed by atoms with Crippen molar-refractivity contribution in [2.45, 2.75) is 6.92 Å². The molecule has 28 heavy (non-hydrogen) atoms. The lowest BCUT2D eigenvalue weighted by Gasteiger charge is -2.09. The number of nitrogens with one attached hydrogen (secondary N) is 1. The molecule has 142 valence electrons. The highest BCUT2D eigenvalue weighted by atomic mass is 16.6. The first-order valence-electron chi connectivity index (χ1n) is 8.60. The first-order valence-corrected chi connectivity index (χ1v) is 8.60. The molecule has 8 heteroatoms. The van der Waals surface area contributed by atoms with Crippen LogP contribution in [0.2, 0.25) is 0 Å². The lowest BCUT2D eigenvalue weighted by Crippen LogP contribution is -2.28. The highest BCUT2D eigenvalue weighted by molar-refractivity contribution is 5.96. The Labute approximate surface area is 161 Å². The molecule has 0 aliphatic heterocycles. The van der Waals surface area contributed by atoms with Gasteiger partial charge in [0, 0.05) is 28.8 Å². The second-order valence-corrected chi connectivity index (χ2v) is 5.93. The number of hydrogen-bond donors (Lipinski definition) is 1. The number of carbonyl (C=O) groups excluding carboxylic acids is 1. The molecule has 0 bridgehead atoms. The van der Waals surface area contributed by atoms with E-state index in [0.717, 1.165) is 11.3 Å². The number of aromatic nitrogens is 2. The van der Waals surface area contributed by atoms with Crippen LogP contribution < -0.4 is 10.1 Å². The summed E-state index contributed by atoms with van der Waals surface area (Å²) in [6.07, 6.45) is 0. The minimum atomic E-state index is -0.507. The molecule has 0 atom stereocenters. The summed E-state index contributed by atoms with van der Waals surface area (Å²) >= 11 is 0. The minimum Gasteiger partial charge on any atom is -0.475 e. The summed E-state index contributed by atoms with van der Waals surface area (Å²) in [5.41, 5.74) is 2.20. The topological polar surface area (TPSA) is 107 Å². The van der Waals surface area contributed by atoms with Gasteiger partial charge in [-0.05, 0) is 19.1 Å². The zero-order chi connectivity index (χ0) is 19.9. The molecule has 3 rings (SSSR count). The van der Waals surface area contributed by atoms with E-state index < -0.39 is 10.8 Å². The number of nitro groups is 1. The summed E-state index contributed by atoms with van der Waals surface area (Å²) in [4.78, 5) is 22.7. The fourth-order valence-corrected chi connectivity index (χ4v) is 2.64. The van der Waals surface area contributed by atoms with Gasteiger partial charge in [-0.3, -0.25) is 14.9 Å². The SMILES string of the molecule is Cc1c(C(=O)NCCOc2ccc(-c3ccccc3)nn2)cccc1[N+](=O)[O-]. The highest BCUT2D eigenvalue weighted by Crippen LogP contribution is 2.21. The first-order chi connectivity index (χ1) is 13.6. The average Bonchev–Trinajstić information content (AvgIpc) is 2.72. The van der Waals surface area contributed by atoms with Crippen molar-refractivity contribution in [1.82, 2.24) is 15.5 Å². The molecule has 1 heterocycles. The zero-order valence-corrected chi connectivity index (χ0v) is 15.2. The summed E-state index contributed by atoms with van der Waals surface area (Å²) in [6, 6.07) is 17.6. The molecule has 0 radical (unpaired) electrons. The third-order valence-electron chi connectivity index (χ3n) is 4.09. The Morgan fingerprint density at radius 3 is 2.54 bits per heavy atom. The van der Waals surface area contributed by atoms with Crippen molar-refractivity contribution >= 4 is 11.6 Å². The molecule has 1 aromatic heterocycles. The Morgan fingerprint density at radius 1 is 1.07 bits per heavy atom. The van der Waals surface area contributed by atoms with Gasteiger partial charge in [0.25, 0.3) is 11.6 Å². The molecule has 1 amide bonds. The van der Waals surface area contributed by atoms with Crippen LogP contribution in [-0.4, -0.2) is 34.2 Å². The van der Waals surface area contributed by atoms with Crippen LogP contribution in [-0.2, 0) is 0 Å². The van der Waals surface area contributed by atoms with Crippen LogP contribution in [0.25, 0.3) is 11.3 Å². The molecule has 1 N–H and O–H groups in total.